The Labute approximate surface area is 146 Å². The Morgan fingerprint density at radius 2 is 1.84 bits per heavy atom. The first kappa shape index (κ1) is 17.1. The van der Waals surface area contributed by atoms with E-state index in [9.17, 15) is 14.0 Å². The van der Waals surface area contributed by atoms with Crippen LogP contribution in [-0.2, 0) is 4.79 Å². The number of piperazine rings is 1. The van der Waals surface area contributed by atoms with E-state index < -0.39 is 11.9 Å². The van der Waals surface area contributed by atoms with E-state index in [1.807, 2.05) is 12.1 Å². The molecule has 5 heteroatoms. The molecular weight excluding hydrogens is 319 g/mol. The van der Waals surface area contributed by atoms with E-state index >= 15 is 0 Å². The van der Waals surface area contributed by atoms with E-state index in [1.165, 1.54) is 11.0 Å². The Balaban J connectivity index is 1.94. The fraction of sp³-hybridized carbons (Fsp3) is 0.300. The van der Waals surface area contributed by atoms with E-state index in [-0.39, 0.29) is 17.4 Å². The van der Waals surface area contributed by atoms with Crippen LogP contribution in [0.1, 0.15) is 47.3 Å². The van der Waals surface area contributed by atoms with Gasteiger partial charge in [-0.15, -0.1) is 0 Å². The normalized spacial score (nSPS) is 17.5. The molecule has 0 aliphatic carbocycles. The van der Waals surface area contributed by atoms with Gasteiger partial charge in [0.15, 0.2) is 0 Å². The lowest BCUT2D eigenvalue weighted by Crippen LogP contribution is -2.52. The van der Waals surface area contributed by atoms with Crippen LogP contribution in [0.5, 0.6) is 0 Å². The molecule has 3 rings (SSSR count). The third kappa shape index (κ3) is 3.40. The maximum absolute atomic E-state index is 14.2. The van der Waals surface area contributed by atoms with E-state index in [4.69, 9.17) is 0 Å². The fourth-order valence-electron chi connectivity index (χ4n) is 3.07. The summed E-state index contributed by atoms with van der Waals surface area (Å²) in [5, 5.41) is 2.72. The largest absolute Gasteiger partial charge is 0.352 e. The monoisotopic (exact) mass is 340 g/mol. The molecule has 4 nitrogen and oxygen atoms in total. The highest BCUT2D eigenvalue weighted by atomic mass is 19.1. The Morgan fingerprint density at radius 1 is 1.16 bits per heavy atom. The topological polar surface area (TPSA) is 49.4 Å². The van der Waals surface area contributed by atoms with Crippen LogP contribution in [-0.4, -0.2) is 29.8 Å². The minimum atomic E-state index is -0.952. The third-order valence-corrected chi connectivity index (χ3v) is 4.50. The van der Waals surface area contributed by atoms with E-state index in [2.05, 4.69) is 19.2 Å². The van der Waals surface area contributed by atoms with Crippen molar-refractivity contribution in [3.63, 3.8) is 0 Å². The second-order valence-corrected chi connectivity index (χ2v) is 6.49. The smallest absolute Gasteiger partial charge is 0.254 e. The second kappa shape index (κ2) is 7.05. The van der Waals surface area contributed by atoms with Crippen LogP contribution in [0.25, 0.3) is 0 Å². The molecule has 1 aliphatic heterocycles. The van der Waals surface area contributed by atoms with Gasteiger partial charge in [-0.1, -0.05) is 44.2 Å². The van der Waals surface area contributed by atoms with Crippen LogP contribution in [0.2, 0.25) is 0 Å². The molecule has 130 valence electrons. The standard InChI is InChI=1S/C20H21FN2O2/c1-13(2)14-7-9-15(10-8-14)20(25)23-12-11-22-19(24)18(23)16-5-3-4-6-17(16)21/h3-10,13,18H,11-12H2,1-2H3,(H,22,24). The average Bonchev–Trinajstić information content (AvgIpc) is 2.62. The minimum Gasteiger partial charge on any atom is -0.352 e. The number of hydrogen-bond donors (Lipinski definition) is 1. The highest BCUT2D eigenvalue weighted by Crippen LogP contribution is 2.27. The molecule has 1 heterocycles. The first-order valence-electron chi connectivity index (χ1n) is 8.42. The summed E-state index contributed by atoms with van der Waals surface area (Å²) in [6.45, 7) is 4.87. The molecule has 0 aromatic heterocycles. The molecular formula is C20H21FN2O2. The number of hydrogen-bond acceptors (Lipinski definition) is 2. The summed E-state index contributed by atoms with van der Waals surface area (Å²) in [6.07, 6.45) is 0. The van der Waals surface area contributed by atoms with Crippen molar-refractivity contribution in [2.75, 3.05) is 13.1 Å². The van der Waals surface area contributed by atoms with Crippen LogP contribution >= 0.6 is 0 Å². The molecule has 0 radical (unpaired) electrons. The minimum absolute atomic E-state index is 0.215. The lowest BCUT2D eigenvalue weighted by Gasteiger charge is -2.35. The van der Waals surface area contributed by atoms with Gasteiger partial charge < -0.3 is 10.2 Å². The van der Waals surface area contributed by atoms with Crippen LogP contribution in [0.3, 0.4) is 0 Å². The molecule has 1 saturated heterocycles. The zero-order valence-electron chi connectivity index (χ0n) is 14.3. The summed E-state index contributed by atoms with van der Waals surface area (Å²) in [5.74, 6) is -0.740. The molecule has 25 heavy (non-hydrogen) atoms. The summed E-state index contributed by atoms with van der Waals surface area (Å²) in [6, 6.07) is 12.5. The maximum Gasteiger partial charge on any atom is 0.254 e. The summed E-state index contributed by atoms with van der Waals surface area (Å²) < 4.78 is 14.2. The number of carbonyl (C=O) groups is 2. The Kier molecular flexibility index (Phi) is 4.83. The molecule has 1 fully saturated rings. The quantitative estimate of drug-likeness (QED) is 0.932. The van der Waals surface area contributed by atoms with Crippen molar-refractivity contribution in [3.05, 3.63) is 71.0 Å². The fourth-order valence-corrected chi connectivity index (χ4v) is 3.07. The second-order valence-electron chi connectivity index (χ2n) is 6.49. The summed E-state index contributed by atoms with van der Waals surface area (Å²) in [7, 11) is 0. The van der Waals surface area contributed by atoms with Gasteiger partial charge in [0.05, 0.1) is 0 Å². The van der Waals surface area contributed by atoms with Crippen LogP contribution < -0.4 is 5.32 Å². The lowest BCUT2D eigenvalue weighted by molar-refractivity contribution is -0.128. The van der Waals surface area contributed by atoms with Gasteiger partial charge >= 0.3 is 0 Å². The van der Waals surface area contributed by atoms with Gasteiger partial charge in [0.2, 0.25) is 5.91 Å². The third-order valence-electron chi connectivity index (χ3n) is 4.50. The number of benzene rings is 2. The summed E-state index contributed by atoms with van der Waals surface area (Å²) in [4.78, 5) is 26.8. The summed E-state index contributed by atoms with van der Waals surface area (Å²) >= 11 is 0. The SMILES string of the molecule is CC(C)c1ccc(C(=O)N2CCNC(=O)C2c2ccccc2F)cc1. The first-order chi connectivity index (χ1) is 12.0. The van der Waals surface area contributed by atoms with Crippen molar-refractivity contribution < 1.29 is 14.0 Å². The molecule has 0 bridgehead atoms. The highest BCUT2D eigenvalue weighted by molar-refractivity contribution is 5.98. The molecule has 2 aromatic rings. The van der Waals surface area contributed by atoms with Crippen LogP contribution in [0.4, 0.5) is 4.39 Å². The highest BCUT2D eigenvalue weighted by Gasteiger charge is 2.36. The molecule has 1 N–H and O–H groups in total. The van der Waals surface area contributed by atoms with Gasteiger partial charge in [-0.05, 0) is 29.7 Å². The Morgan fingerprint density at radius 3 is 2.48 bits per heavy atom. The van der Waals surface area contributed by atoms with Gasteiger partial charge in [0.1, 0.15) is 11.9 Å². The molecule has 1 atom stereocenters. The average molecular weight is 340 g/mol. The van der Waals surface area contributed by atoms with Crippen molar-refractivity contribution >= 4 is 11.8 Å². The van der Waals surface area contributed by atoms with Gasteiger partial charge in [-0.25, -0.2) is 4.39 Å². The Bertz CT molecular complexity index is 787. The van der Waals surface area contributed by atoms with Crippen molar-refractivity contribution in [1.29, 1.82) is 0 Å². The first-order valence-corrected chi connectivity index (χ1v) is 8.42. The van der Waals surface area contributed by atoms with E-state index in [1.54, 1.807) is 30.3 Å². The van der Waals surface area contributed by atoms with Crippen molar-refractivity contribution in [2.24, 2.45) is 0 Å². The molecule has 0 spiro atoms. The molecule has 2 amide bonds. The van der Waals surface area contributed by atoms with Gasteiger partial charge in [-0.2, -0.15) is 0 Å². The van der Waals surface area contributed by atoms with E-state index in [0.717, 1.165) is 5.56 Å². The Hall–Kier alpha value is -2.69. The number of nitrogens with zero attached hydrogens (tertiary/aromatic N) is 1. The number of halogens is 1. The maximum atomic E-state index is 14.2. The van der Waals surface area contributed by atoms with Gasteiger partial charge in [0.25, 0.3) is 5.91 Å². The van der Waals surface area contributed by atoms with Gasteiger partial charge in [0, 0.05) is 24.2 Å². The molecule has 1 aliphatic rings. The lowest BCUT2D eigenvalue weighted by atomic mass is 9.99. The van der Waals surface area contributed by atoms with Crippen molar-refractivity contribution in [3.8, 4) is 0 Å². The van der Waals surface area contributed by atoms with Crippen molar-refractivity contribution in [2.45, 2.75) is 25.8 Å². The number of amides is 2. The van der Waals surface area contributed by atoms with Crippen LogP contribution in [0.15, 0.2) is 48.5 Å². The number of nitrogens with one attached hydrogen (secondary N) is 1. The van der Waals surface area contributed by atoms with Crippen LogP contribution in [0, 0.1) is 5.82 Å². The summed E-state index contributed by atoms with van der Waals surface area (Å²) in [5.41, 5.74) is 1.85. The molecule has 1 unspecified atom stereocenters. The zero-order chi connectivity index (χ0) is 18.0. The predicted octanol–water partition coefficient (Wildman–Crippen LogP) is 3.26. The number of carbonyl (C=O) groups excluding carboxylic acids is 2. The predicted molar refractivity (Wildman–Crippen MR) is 93.7 cm³/mol. The molecule has 0 saturated carbocycles. The number of rotatable bonds is 3. The zero-order valence-corrected chi connectivity index (χ0v) is 14.3. The molecule has 2 aromatic carbocycles. The van der Waals surface area contributed by atoms with Crippen molar-refractivity contribution in [1.82, 2.24) is 10.2 Å². The van der Waals surface area contributed by atoms with Gasteiger partial charge in [-0.3, -0.25) is 9.59 Å². The van der Waals surface area contributed by atoms with E-state index in [0.29, 0.717) is 24.6 Å².